The number of fused-ring (bicyclic) bond motifs is 3. The third-order valence-corrected chi connectivity index (χ3v) is 7.83. The Morgan fingerprint density at radius 2 is 1.55 bits per heavy atom. The van der Waals surface area contributed by atoms with E-state index >= 15 is 0 Å². The summed E-state index contributed by atoms with van der Waals surface area (Å²) in [4.78, 5) is 25.7. The minimum absolute atomic E-state index is 0.312. The summed E-state index contributed by atoms with van der Waals surface area (Å²) in [6, 6.07) is 5.51. The van der Waals surface area contributed by atoms with Crippen LogP contribution in [0.25, 0.3) is 0 Å². The Morgan fingerprint density at radius 1 is 0.947 bits per heavy atom. The summed E-state index contributed by atoms with van der Waals surface area (Å²) in [6.07, 6.45) is 2.07. The van der Waals surface area contributed by atoms with Gasteiger partial charge in [0.1, 0.15) is 5.60 Å². The second-order valence-corrected chi connectivity index (χ2v) is 11.6. The molecule has 1 amide bonds. The Hall–Kier alpha value is -3.17. The predicted molar refractivity (Wildman–Crippen MR) is 129 cm³/mol. The summed E-state index contributed by atoms with van der Waals surface area (Å²) in [5, 5.41) is 2.73. The number of carbonyl (C=O) groups is 2. The first-order chi connectivity index (χ1) is 17.6. The molecule has 0 bridgehead atoms. The smallest absolute Gasteiger partial charge is 0.412 e. The van der Waals surface area contributed by atoms with E-state index in [1.54, 1.807) is 33.8 Å². The van der Waals surface area contributed by atoms with Crippen molar-refractivity contribution in [3.8, 4) is 5.75 Å². The number of anilines is 1. The zero-order chi connectivity index (χ0) is 28.2. The fourth-order valence-corrected chi connectivity index (χ4v) is 6.09. The number of amides is 1. The number of rotatable bonds is 3. The maximum Gasteiger partial charge on any atom is 0.412 e. The molecule has 3 atom stereocenters. The van der Waals surface area contributed by atoms with E-state index in [0.717, 1.165) is 11.1 Å². The minimum Gasteiger partial charge on any atom is -0.444 e. The number of hydrogen-bond acceptors (Lipinski definition) is 4. The van der Waals surface area contributed by atoms with E-state index in [1.165, 1.54) is 0 Å². The van der Waals surface area contributed by atoms with Gasteiger partial charge in [0.25, 0.3) is 0 Å². The van der Waals surface area contributed by atoms with Gasteiger partial charge in [-0.2, -0.15) is 8.78 Å². The van der Waals surface area contributed by atoms with Crippen LogP contribution < -0.4 is 10.1 Å². The monoisotopic (exact) mass is 539 g/mol. The van der Waals surface area contributed by atoms with Crippen molar-refractivity contribution in [1.82, 2.24) is 0 Å². The summed E-state index contributed by atoms with van der Waals surface area (Å²) in [5.41, 5.74) is -0.0681. The standard InChI is InChI=1S/C28H30F5NO4/c1-26(2,3)38-25(36)34-15-9-7-14-8-10-17-27(4,16(14)13-15)11-6-12-28(17,5)24(35)37-23-21(32)19(30)18(29)20(31)22(23)33/h7,9,13,17H,6,8,10-12H2,1-5H3,(H,34,36)/t17-,27-,28+/m1/s1. The third kappa shape index (κ3) is 4.73. The molecule has 2 aliphatic carbocycles. The van der Waals surface area contributed by atoms with Gasteiger partial charge in [0, 0.05) is 5.69 Å². The Kier molecular flexibility index (Phi) is 6.99. The molecule has 0 spiro atoms. The molecule has 0 radical (unpaired) electrons. The summed E-state index contributed by atoms with van der Waals surface area (Å²) in [5.74, 6) is -14.1. The highest BCUT2D eigenvalue weighted by Crippen LogP contribution is 2.58. The van der Waals surface area contributed by atoms with Gasteiger partial charge in [0.15, 0.2) is 0 Å². The third-order valence-electron chi connectivity index (χ3n) is 7.83. The van der Waals surface area contributed by atoms with Gasteiger partial charge in [-0.25, -0.2) is 18.0 Å². The Balaban J connectivity index is 1.66. The van der Waals surface area contributed by atoms with Gasteiger partial charge in [-0.1, -0.05) is 19.4 Å². The summed E-state index contributed by atoms with van der Waals surface area (Å²) < 4.78 is 79.7. The average molecular weight is 540 g/mol. The quantitative estimate of drug-likeness (QED) is 0.146. The van der Waals surface area contributed by atoms with Crippen molar-refractivity contribution in [1.29, 1.82) is 0 Å². The number of esters is 1. The lowest BCUT2D eigenvalue weighted by Gasteiger charge is -2.54. The summed E-state index contributed by atoms with van der Waals surface area (Å²) >= 11 is 0. The molecule has 1 saturated carbocycles. The molecule has 5 nitrogen and oxygen atoms in total. The molecule has 2 aromatic rings. The van der Waals surface area contributed by atoms with Crippen LogP contribution in [0.1, 0.15) is 71.4 Å². The van der Waals surface area contributed by atoms with Crippen LogP contribution in [0.5, 0.6) is 5.75 Å². The zero-order valence-corrected chi connectivity index (χ0v) is 21.9. The van der Waals surface area contributed by atoms with Crippen LogP contribution in [-0.4, -0.2) is 17.7 Å². The maximum absolute atomic E-state index is 14.3. The first-order valence-electron chi connectivity index (χ1n) is 12.5. The second kappa shape index (κ2) is 9.54. The molecule has 0 unspecified atom stereocenters. The summed E-state index contributed by atoms with van der Waals surface area (Å²) in [7, 11) is 0. The van der Waals surface area contributed by atoms with Crippen LogP contribution in [0.15, 0.2) is 18.2 Å². The van der Waals surface area contributed by atoms with Gasteiger partial charge in [-0.3, -0.25) is 10.1 Å². The van der Waals surface area contributed by atoms with Crippen LogP contribution in [0.4, 0.5) is 32.4 Å². The van der Waals surface area contributed by atoms with Gasteiger partial charge in [-0.15, -0.1) is 0 Å². The number of benzene rings is 2. The van der Waals surface area contributed by atoms with E-state index in [-0.39, 0.29) is 5.92 Å². The van der Waals surface area contributed by atoms with Crippen molar-refractivity contribution in [3.05, 3.63) is 58.4 Å². The van der Waals surface area contributed by atoms with E-state index < -0.39 is 63.3 Å². The first kappa shape index (κ1) is 27.9. The molecular weight excluding hydrogens is 509 g/mol. The van der Waals surface area contributed by atoms with E-state index in [4.69, 9.17) is 9.47 Å². The molecule has 0 saturated heterocycles. The highest BCUT2D eigenvalue weighted by molar-refractivity contribution is 5.85. The van der Waals surface area contributed by atoms with Crippen LogP contribution in [0.2, 0.25) is 0 Å². The molecule has 0 aliphatic heterocycles. The number of nitrogens with one attached hydrogen (secondary N) is 1. The fourth-order valence-electron chi connectivity index (χ4n) is 6.09. The molecular formula is C28H30F5NO4. The largest absolute Gasteiger partial charge is 0.444 e. The minimum atomic E-state index is -2.32. The Labute approximate surface area is 217 Å². The van der Waals surface area contributed by atoms with Gasteiger partial charge in [0.05, 0.1) is 5.41 Å². The topological polar surface area (TPSA) is 64.6 Å². The molecule has 0 aromatic heterocycles. The van der Waals surface area contributed by atoms with Crippen LogP contribution in [0, 0.1) is 40.4 Å². The van der Waals surface area contributed by atoms with Crippen LogP contribution in [0.3, 0.4) is 0 Å². The van der Waals surface area contributed by atoms with Gasteiger partial charge < -0.3 is 9.47 Å². The van der Waals surface area contributed by atoms with Crippen molar-refractivity contribution in [2.75, 3.05) is 5.32 Å². The van der Waals surface area contributed by atoms with Crippen LogP contribution >= 0.6 is 0 Å². The molecule has 10 heteroatoms. The SMILES string of the molecule is CC(C)(C)OC(=O)Nc1ccc2c(c1)[C@@]1(C)CCC[C@](C)(C(=O)Oc3c(F)c(F)c(F)c(F)c3F)[C@@H]1CC2. The Morgan fingerprint density at radius 3 is 2.16 bits per heavy atom. The highest BCUT2D eigenvalue weighted by atomic mass is 19.2. The molecule has 0 heterocycles. The van der Waals surface area contributed by atoms with Gasteiger partial charge in [-0.05, 0) is 88.0 Å². The lowest BCUT2D eigenvalue weighted by molar-refractivity contribution is -0.154. The molecule has 2 aromatic carbocycles. The van der Waals surface area contributed by atoms with Gasteiger partial charge in [0.2, 0.25) is 34.8 Å². The zero-order valence-electron chi connectivity index (χ0n) is 21.9. The van der Waals surface area contributed by atoms with Gasteiger partial charge >= 0.3 is 12.1 Å². The van der Waals surface area contributed by atoms with E-state index in [0.29, 0.717) is 37.8 Å². The molecule has 2 aliphatic rings. The molecule has 206 valence electrons. The highest BCUT2D eigenvalue weighted by Gasteiger charge is 2.56. The number of carbonyl (C=O) groups excluding carboxylic acids is 2. The van der Waals surface area contributed by atoms with Crippen molar-refractivity contribution >= 4 is 17.7 Å². The summed E-state index contributed by atoms with van der Waals surface area (Å²) in [6.45, 7) is 8.84. The van der Waals surface area contributed by atoms with Crippen molar-refractivity contribution in [3.63, 3.8) is 0 Å². The van der Waals surface area contributed by atoms with Crippen LogP contribution in [-0.2, 0) is 21.4 Å². The predicted octanol–water partition coefficient (Wildman–Crippen LogP) is 7.35. The normalized spacial score (nSPS) is 24.7. The van der Waals surface area contributed by atoms with Crippen molar-refractivity contribution in [2.45, 2.75) is 77.7 Å². The second-order valence-electron chi connectivity index (χ2n) is 11.6. The average Bonchev–Trinajstić information content (AvgIpc) is 2.83. The number of hydrogen-bond donors (Lipinski definition) is 1. The van der Waals surface area contributed by atoms with Crippen molar-refractivity contribution in [2.24, 2.45) is 11.3 Å². The molecule has 38 heavy (non-hydrogen) atoms. The van der Waals surface area contributed by atoms with E-state index in [1.807, 2.05) is 19.1 Å². The lowest BCUT2D eigenvalue weighted by atomic mass is 9.50. The maximum atomic E-state index is 14.3. The van der Waals surface area contributed by atoms with E-state index in [9.17, 15) is 31.5 Å². The van der Waals surface area contributed by atoms with Crippen molar-refractivity contribution < 1.29 is 41.0 Å². The lowest BCUT2D eigenvalue weighted by Crippen LogP contribution is -2.53. The number of aryl methyl sites for hydroxylation is 1. The Bertz CT molecular complexity index is 1280. The fraction of sp³-hybridized carbons (Fsp3) is 0.500. The molecule has 4 rings (SSSR count). The molecule has 1 fully saturated rings. The first-order valence-corrected chi connectivity index (χ1v) is 12.5. The molecule has 1 N–H and O–H groups in total. The van der Waals surface area contributed by atoms with E-state index in [2.05, 4.69) is 5.32 Å². The number of halogens is 5. The number of ether oxygens (including phenoxy) is 2.